The van der Waals surface area contributed by atoms with Crippen LogP contribution in [0.4, 0.5) is 0 Å². The summed E-state index contributed by atoms with van der Waals surface area (Å²) in [6.07, 6.45) is 5.41. The van der Waals surface area contributed by atoms with Gasteiger partial charge in [0.05, 0.1) is 12.9 Å². The second-order valence-electron chi connectivity index (χ2n) is 5.01. The van der Waals surface area contributed by atoms with E-state index in [-0.39, 0.29) is 18.6 Å². The molecule has 0 heterocycles. The van der Waals surface area contributed by atoms with Gasteiger partial charge < -0.3 is 5.11 Å². The molecule has 1 N–H and O–H groups in total. The van der Waals surface area contributed by atoms with Gasteiger partial charge in [0.2, 0.25) is 0 Å². The Hall–Kier alpha value is -0.820. The van der Waals surface area contributed by atoms with E-state index in [2.05, 4.69) is 10.0 Å². The highest BCUT2D eigenvalue weighted by Crippen LogP contribution is 2.30. The minimum Gasteiger partial charge on any atom is -0.394 e. The highest BCUT2D eigenvalue weighted by molar-refractivity contribution is 7.86. The summed E-state index contributed by atoms with van der Waals surface area (Å²) in [4.78, 5) is 2.86. The van der Waals surface area contributed by atoms with Crippen LogP contribution in [0.1, 0.15) is 38.5 Å². The van der Waals surface area contributed by atoms with Crippen molar-refractivity contribution in [3.05, 3.63) is 10.4 Å². The van der Waals surface area contributed by atoms with Crippen molar-refractivity contribution in [2.24, 2.45) is 11.0 Å². The molecule has 0 aromatic rings. The van der Waals surface area contributed by atoms with Gasteiger partial charge in [-0.1, -0.05) is 24.4 Å². The lowest BCUT2D eigenvalue weighted by atomic mass is 9.90. The summed E-state index contributed by atoms with van der Waals surface area (Å²) in [6.45, 7) is -0.355. The Labute approximate surface area is 113 Å². The van der Waals surface area contributed by atoms with Gasteiger partial charge in [-0.25, -0.2) is 0 Å². The highest BCUT2D eigenvalue weighted by atomic mass is 32.2. The fourth-order valence-corrected chi connectivity index (χ4v) is 3.22. The average Bonchev–Trinajstić information content (AvgIpc) is 2.53. The number of azide groups is 1. The highest BCUT2D eigenvalue weighted by Gasteiger charge is 2.27. The molecule has 0 unspecified atom stereocenters. The van der Waals surface area contributed by atoms with Crippen molar-refractivity contribution in [3.63, 3.8) is 0 Å². The first-order valence-electron chi connectivity index (χ1n) is 6.49. The van der Waals surface area contributed by atoms with Crippen LogP contribution in [0.3, 0.4) is 0 Å². The first-order valence-corrected chi connectivity index (χ1v) is 8.31. The van der Waals surface area contributed by atoms with Gasteiger partial charge >= 0.3 is 0 Å². The fourth-order valence-electron chi connectivity index (χ4n) is 2.59. The monoisotopic (exact) mass is 291 g/mol. The number of aliphatic hydroxyl groups is 1. The van der Waals surface area contributed by atoms with E-state index in [9.17, 15) is 13.5 Å². The number of nitrogens with zero attached hydrogens (tertiary/aromatic N) is 3. The zero-order chi connectivity index (χ0) is 14.3. The predicted octanol–water partition coefficient (Wildman–Crippen LogP) is 1.97. The number of rotatable bonds is 6. The van der Waals surface area contributed by atoms with Gasteiger partial charge in [0, 0.05) is 11.0 Å². The van der Waals surface area contributed by atoms with Crippen molar-refractivity contribution < 1.29 is 17.7 Å². The molecule has 0 spiro atoms. The number of aliphatic hydroxyl groups excluding tert-OH is 1. The lowest BCUT2D eigenvalue weighted by Gasteiger charge is -2.24. The smallest absolute Gasteiger partial charge is 0.264 e. The van der Waals surface area contributed by atoms with Gasteiger partial charge in [0.1, 0.15) is 6.10 Å². The molecule has 19 heavy (non-hydrogen) atoms. The van der Waals surface area contributed by atoms with Crippen molar-refractivity contribution in [1.29, 1.82) is 0 Å². The summed E-state index contributed by atoms with van der Waals surface area (Å²) in [5, 5.41) is 13.0. The molecule has 1 saturated carbocycles. The van der Waals surface area contributed by atoms with Crippen molar-refractivity contribution >= 4 is 10.1 Å². The molecule has 3 atom stereocenters. The Bertz CT molecular complexity index is 420. The van der Waals surface area contributed by atoms with Crippen LogP contribution in [0.15, 0.2) is 5.11 Å². The van der Waals surface area contributed by atoms with E-state index >= 15 is 0 Å². The lowest BCUT2D eigenvalue weighted by Crippen LogP contribution is -2.28. The Morgan fingerprint density at radius 3 is 2.68 bits per heavy atom. The third-order valence-corrected chi connectivity index (χ3v) is 4.02. The third kappa shape index (κ3) is 6.24. The Kier molecular flexibility index (Phi) is 6.57. The normalized spacial score (nSPS) is 26.2. The Morgan fingerprint density at radius 2 is 2.11 bits per heavy atom. The maximum atomic E-state index is 11.1. The Morgan fingerprint density at radius 1 is 1.42 bits per heavy atom. The Balaban J connectivity index is 2.70. The maximum Gasteiger partial charge on any atom is 0.264 e. The minimum absolute atomic E-state index is 0.0669. The molecule has 1 aliphatic rings. The lowest BCUT2D eigenvalue weighted by molar-refractivity contribution is 0.0942. The molecule has 1 rings (SSSR count). The molecule has 0 aromatic heterocycles. The third-order valence-electron chi connectivity index (χ3n) is 3.40. The van der Waals surface area contributed by atoms with Crippen LogP contribution in [0.5, 0.6) is 0 Å². The molecule has 0 saturated heterocycles. The molecule has 0 radical (unpaired) electrons. The fraction of sp³-hybridized carbons (Fsp3) is 1.00. The standard InChI is InChI=1S/C11H21N3O4S/c1-19(16,17)18-10(8-15)7-9-5-3-2-4-6-11(9)13-14-12/h9-11,15H,2-8H2,1H3/t9-,10+,11+/m0/s1. The summed E-state index contributed by atoms with van der Waals surface area (Å²) in [5.41, 5.74) is 8.59. The van der Waals surface area contributed by atoms with E-state index in [1.807, 2.05) is 0 Å². The van der Waals surface area contributed by atoms with Crippen LogP contribution in [-0.2, 0) is 14.3 Å². The van der Waals surface area contributed by atoms with E-state index in [0.29, 0.717) is 6.42 Å². The number of hydrogen-bond donors (Lipinski definition) is 1. The maximum absolute atomic E-state index is 11.1. The SMILES string of the molecule is CS(=O)(=O)O[C@@H](CO)C[C@@H]1CCCCC[C@H]1N=[N+]=[N-]. The summed E-state index contributed by atoms with van der Waals surface area (Å²) < 4.78 is 27.0. The van der Waals surface area contributed by atoms with Gasteiger partial charge in [0.15, 0.2) is 0 Å². The molecule has 7 nitrogen and oxygen atoms in total. The van der Waals surface area contributed by atoms with Crippen molar-refractivity contribution in [2.75, 3.05) is 12.9 Å². The molecular weight excluding hydrogens is 270 g/mol. The topological polar surface area (TPSA) is 112 Å². The number of hydrogen-bond acceptors (Lipinski definition) is 5. The average molecular weight is 291 g/mol. The van der Waals surface area contributed by atoms with Gasteiger partial charge in [-0.05, 0) is 30.7 Å². The molecular formula is C11H21N3O4S. The van der Waals surface area contributed by atoms with E-state index in [1.54, 1.807) is 0 Å². The largest absolute Gasteiger partial charge is 0.394 e. The molecule has 0 aliphatic heterocycles. The summed E-state index contributed by atoms with van der Waals surface area (Å²) >= 11 is 0. The first-order chi connectivity index (χ1) is 8.96. The van der Waals surface area contributed by atoms with E-state index in [1.165, 1.54) is 0 Å². The van der Waals surface area contributed by atoms with Gasteiger partial charge in [0.25, 0.3) is 10.1 Å². The molecule has 1 fully saturated rings. The molecule has 0 amide bonds. The predicted molar refractivity (Wildman–Crippen MR) is 70.9 cm³/mol. The van der Waals surface area contributed by atoms with Crippen molar-refractivity contribution in [2.45, 2.75) is 50.7 Å². The second kappa shape index (κ2) is 7.69. The first kappa shape index (κ1) is 16.2. The zero-order valence-electron chi connectivity index (χ0n) is 11.1. The summed E-state index contributed by atoms with van der Waals surface area (Å²) in [6, 6.07) is -0.135. The van der Waals surface area contributed by atoms with E-state index in [0.717, 1.165) is 38.4 Å². The van der Waals surface area contributed by atoms with Crippen LogP contribution in [0, 0.1) is 5.92 Å². The summed E-state index contributed by atoms with van der Waals surface area (Å²) in [5.74, 6) is 0.0669. The van der Waals surface area contributed by atoms with Crippen LogP contribution in [0.25, 0.3) is 10.4 Å². The molecule has 8 heteroatoms. The van der Waals surface area contributed by atoms with Gasteiger partial charge in [-0.3, -0.25) is 4.18 Å². The molecule has 0 aromatic carbocycles. The molecule has 110 valence electrons. The molecule has 1 aliphatic carbocycles. The van der Waals surface area contributed by atoms with Crippen molar-refractivity contribution in [1.82, 2.24) is 0 Å². The van der Waals surface area contributed by atoms with E-state index < -0.39 is 16.2 Å². The minimum atomic E-state index is -3.59. The van der Waals surface area contributed by atoms with Crippen LogP contribution in [0.2, 0.25) is 0 Å². The van der Waals surface area contributed by atoms with Crippen LogP contribution < -0.4 is 0 Å². The van der Waals surface area contributed by atoms with Crippen LogP contribution in [-0.4, -0.2) is 38.5 Å². The van der Waals surface area contributed by atoms with Gasteiger partial charge in [-0.2, -0.15) is 8.42 Å². The quantitative estimate of drug-likeness (QED) is 0.265. The van der Waals surface area contributed by atoms with Gasteiger partial charge in [-0.15, -0.1) is 0 Å². The summed E-state index contributed by atoms with van der Waals surface area (Å²) in [7, 11) is -3.59. The van der Waals surface area contributed by atoms with Crippen LogP contribution >= 0.6 is 0 Å². The van der Waals surface area contributed by atoms with E-state index in [4.69, 9.17) is 9.71 Å². The van der Waals surface area contributed by atoms with Crippen molar-refractivity contribution in [3.8, 4) is 0 Å². The second-order valence-corrected chi connectivity index (χ2v) is 6.61. The molecule has 0 bridgehead atoms. The zero-order valence-corrected chi connectivity index (χ0v) is 11.9.